The normalized spacial score (nSPS) is 12.4. The van der Waals surface area contributed by atoms with E-state index in [2.05, 4.69) is 128 Å². The van der Waals surface area contributed by atoms with Crippen molar-refractivity contribution < 1.29 is 0 Å². The van der Waals surface area contributed by atoms with Gasteiger partial charge < -0.3 is 9.80 Å². The third kappa shape index (κ3) is 3.56. The van der Waals surface area contributed by atoms with Gasteiger partial charge in [-0.25, -0.2) is 0 Å². The molecule has 0 saturated carbocycles. The van der Waals surface area contributed by atoms with E-state index in [1.807, 2.05) is 0 Å². The van der Waals surface area contributed by atoms with Gasteiger partial charge in [-0.1, -0.05) is 36.4 Å². The first-order valence-electron chi connectivity index (χ1n) is 9.93. The molecule has 0 radical (unpaired) electrons. The summed E-state index contributed by atoms with van der Waals surface area (Å²) in [6, 6.07) is 26.2. The van der Waals surface area contributed by atoms with E-state index in [9.17, 15) is 0 Å². The van der Waals surface area contributed by atoms with Crippen LogP contribution in [0.4, 0.5) is 11.4 Å². The maximum absolute atomic E-state index is 2.30. The molecule has 0 N–H and O–H groups in total. The monoisotopic (exact) mass is 382 g/mol. The van der Waals surface area contributed by atoms with Crippen molar-refractivity contribution in [1.29, 1.82) is 0 Å². The van der Waals surface area contributed by atoms with Gasteiger partial charge in [-0.2, -0.15) is 4.58 Å². The van der Waals surface area contributed by atoms with Crippen LogP contribution < -0.4 is 25.0 Å². The second kappa shape index (κ2) is 7.59. The van der Waals surface area contributed by atoms with Crippen LogP contribution in [-0.2, 0) is 0 Å². The van der Waals surface area contributed by atoms with Crippen LogP contribution in [0.25, 0.3) is 11.6 Å². The topological polar surface area (TPSA) is 9.49 Å². The van der Waals surface area contributed by atoms with Crippen LogP contribution in [0.15, 0.2) is 78.5 Å². The number of hydrogen-bond acceptors (Lipinski definition) is 2. The summed E-state index contributed by atoms with van der Waals surface area (Å²) in [5, 5.41) is 2.51. The quantitative estimate of drug-likeness (QED) is 0.641. The van der Waals surface area contributed by atoms with Gasteiger partial charge in [0, 0.05) is 51.7 Å². The third-order valence-corrected chi connectivity index (χ3v) is 5.55. The summed E-state index contributed by atoms with van der Waals surface area (Å²) >= 11 is 0. The lowest BCUT2D eigenvalue weighted by Crippen LogP contribution is -2.30. The highest BCUT2D eigenvalue weighted by atomic mass is 15.1. The molecule has 0 unspecified atom stereocenters. The molecule has 0 amide bonds. The Balaban J connectivity index is 1.94. The molecule has 0 bridgehead atoms. The largest absolute Gasteiger partial charge is 0.378 e. The Labute approximate surface area is 173 Å². The van der Waals surface area contributed by atoms with Crippen LogP contribution in [-0.4, -0.2) is 35.2 Å². The van der Waals surface area contributed by atoms with Crippen molar-refractivity contribution in [2.75, 3.05) is 45.0 Å². The Kier molecular flexibility index (Phi) is 4.98. The highest BCUT2D eigenvalue weighted by molar-refractivity contribution is 5.88. The lowest BCUT2D eigenvalue weighted by atomic mass is 9.95. The first kappa shape index (κ1) is 19.0. The number of fused-ring (bicyclic) bond motifs is 1. The molecule has 0 spiro atoms. The molecule has 3 nitrogen and oxygen atoms in total. The lowest BCUT2D eigenvalue weighted by molar-refractivity contribution is 0.861. The number of rotatable bonds is 4. The standard InChI is InChI=1S/C26H28N3/c1-27(2)22-14-10-19(11-15-22)26(20-12-16-23(17-13-20)28(3)4)25-18-21-8-6-7-9-24(21)29(25)5/h6-18H,1-5H3/q+1. The van der Waals surface area contributed by atoms with Gasteiger partial charge in [-0.05, 0) is 41.5 Å². The van der Waals surface area contributed by atoms with Crippen molar-refractivity contribution in [1.82, 2.24) is 4.58 Å². The summed E-state index contributed by atoms with van der Waals surface area (Å²) in [7, 11) is 10.4. The molecule has 29 heavy (non-hydrogen) atoms. The molecule has 3 aromatic carbocycles. The van der Waals surface area contributed by atoms with Crippen LogP contribution in [0.1, 0.15) is 11.1 Å². The molecule has 1 heterocycles. The molecular weight excluding hydrogens is 354 g/mol. The molecule has 1 aliphatic heterocycles. The van der Waals surface area contributed by atoms with Gasteiger partial charge in [-0.3, -0.25) is 0 Å². The van der Waals surface area contributed by atoms with E-state index in [4.69, 9.17) is 0 Å². The van der Waals surface area contributed by atoms with Crippen LogP contribution in [0.5, 0.6) is 0 Å². The Morgan fingerprint density at radius 2 is 1.14 bits per heavy atom. The van der Waals surface area contributed by atoms with Gasteiger partial charge in [0.05, 0.1) is 10.8 Å². The van der Waals surface area contributed by atoms with Gasteiger partial charge in [0.1, 0.15) is 7.05 Å². The Morgan fingerprint density at radius 3 is 1.59 bits per heavy atom. The summed E-state index contributed by atoms with van der Waals surface area (Å²) in [5.74, 6) is 0. The summed E-state index contributed by atoms with van der Waals surface area (Å²) in [6.45, 7) is 0. The van der Waals surface area contributed by atoms with Gasteiger partial charge in [0.25, 0.3) is 0 Å². The zero-order valence-electron chi connectivity index (χ0n) is 17.8. The van der Waals surface area contributed by atoms with Crippen LogP contribution in [0.3, 0.4) is 0 Å². The fraction of sp³-hybridized carbons (Fsp3) is 0.192. The van der Waals surface area contributed by atoms with E-state index >= 15 is 0 Å². The minimum absolute atomic E-state index is 1.20. The third-order valence-electron chi connectivity index (χ3n) is 5.55. The summed E-state index contributed by atoms with van der Waals surface area (Å²) in [4.78, 5) is 4.26. The fourth-order valence-electron chi connectivity index (χ4n) is 3.84. The van der Waals surface area contributed by atoms with E-state index in [0.29, 0.717) is 0 Å². The SMILES string of the molecule is CN(C)c1ccc(C(=C2C=c3ccccc3=[N+]2C)c2ccc(N(C)C)cc2)cc1. The first-order chi connectivity index (χ1) is 14.0. The second-order valence-electron chi connectivity index (χ2n) is 7.91. The summed E-state index contributed by atoms with van der Waals surface area (Å²) < 4.78 is 2.30. The maximum Gasteiger partial charge on any atom is 0.214 e. The minimum atomic E-state index is 1.20. The van der Waals surface area contributed by atoms with Gasteiger partial charge in [0.2, 0.25) is 11.1 Å². The molecule has 1 aliphatic rings. The molecule has 3 aromatic rings. The second-order valence-corrected chi connectivity index (χ2v) is 7.91. The zero-order chi connectivity index (χ0) is 20.5. The lowest BCUT2D eigenvalue weighted by Gasteiger charge is -2.16. The van der Waals surface area contributed by atoms with Gasteiger partial charge >= 0.3 is 0 Å². The van der Waals surface area contributed by atoms with Gasteiger partial charge in [0.15, 0.2) is 0 Å². The number of benzene rings is 3. The van der Waals surface area contributed by atoms with E-state index < -0.39 is 0 Å². The average molecular weight is 383 g/mol. The van der Waals surface area contributed by atoms with Crippen LogP contribution >= 0.6 is 0 Å². The van der Waals surface area contributed by atoms with Crippen molar-refractivity contribution >= 4 is 23.0 Å². The first-order valence-corrected chi connectivity index (χ1v) is 9.93. The Morgan fingerprint density at radius 1 is 0.655 bits per heavy atom. The molecule has 0 aromatic heterocycles. The molecule has 0 atom stereocenters. The van der Waals surface area contributed by atoms with Crippen LogP contribution in [0, 0.1) is 0 Å². The van der Waals surface area contributed by atoms with Crippen molar-refractivity contribution in [3.05, 3.63) is 100 Å². The average Bonchev–Trinajstić information content (AvgIpc) is 3.05. The maximum atomic E-state index is 2.30. The highest BCUT2D eigenvalue weighted by Gasteiger charge is 2.22. The number of hydrogen-bond donors (Lipinski definition) is 0. The summed E-state index contributed by atoms with van der Waals surface area (Å²) in [6.07, 6.45) is 2.30. The predicted molar refractivity (Wildman–Crippen MR) is 125 cm³/mol. The zero-order valence-corrected chi connectivity index (χ0v) is 17.8. The number of para-hydroxylation sites is 1. The highest BCUT2D eigenvalue weighted by Crippen LogP contribution is 2.30. The fourth-order valence-corrected chi connectivity index (χ4v) is 3.84. The van der Waals surface area contributed by atoms with E-state index in [1.165, 1.54) is 44.3 Å². The minimum Gasteiger partial charge on any atom is -0.378 e. The molecule has 0 saturated heterocycles. The van der Waals surface area contributed by atoms with Crippen molar-refractivity contribution in [3.8, 4) is 0 Å². The van der Waals surface area contributed by atoms with E-state index in [0.717, 1.165) is 0 Å². The van der Waals surface area contributed by atoms with Crippen molar-refractivity contribution in [2.24, 2.45) is 0 Å². The van der Waals surface area contributed by atoms with Crippen LogP contribution in [0.2, 0.25) is 0 Å². The van der Waals surface area contributed by atoms with E-state index in [-0.39, 0.29) is 0 Å². The van der Waals surface area contributed by atoms with Gasteiger partial charge in [-0.15, -0.1) is 0 Å². The molecule has 3 heteroatoms. The Hall–Kier alpha value is -3.33. The van der Waals surface area contributed by atoms with E-state index in [1.54, 1.807) is 0 Å². The number of nitrogens with zero attached hydrogens (tertiary/aromatic N) is 3. The molecular formula is C26H28N3+. The Bertz CT molecular complexity index is 1130. The van der Waals surface area contributed by atoms with Crippen molar-refractivity contribution in [3.63, 3.8) is 0 Å². The van der Waals surface area contributed by atoms with Crippen molar-refractivity contribution in [2.45, 2.75) is 0 Å². The summed E-state index contributed by atoms with van der Waals surface area (Å²) in [5.41, 5.74) is 7.32. The molecule has 0 fully saturated rings. The number of allylic oxidation sites excluding steroid dienone is 1. The molecule has 4 rings (SSSR count). The number of anilines is 2. The smallest absolute Gasteiger partial charge is 0.214 e. The molecule has 146 valence electrons. The molecule has 0 aliphatic carbocycles. The predicted octanol–water partition coefficient (Wildman–Crippen LogP) is 3.19.